The minimum Gasteiger partial charge on any atom is 0 e. The zero-order valence-corrected chi connectivity index (χ0v) is 7.94. The summed E-state index contributed by atoms with van der Waals surface area (Å²) in [6, 6.07) is 0. The van der Waals surface area contributed by atoms with Gasteiger partial charge < -0.3 is 0 Å². The summed E-state index contributed by atoms with van der Waals surface area (Å²) in [6.07, 6.45) is 0. The molecule has 0 aliphatic heterocycles. The van der Waals surface area contributed by atoms with Crippen LogP contribution in [-0.4, -0.2) is 0 Å². The summed E-state index contributed by atoms with van der Waals surface area (Å²) in [4.78, 5) is 0. The molecule has 0 fully saturated rings. The Balaban J connectivity index is 0. The van der Waals surface area contributed by atoms with Gasteiger partial charge in [-0.1, -0.05) is 0 Å². The van der Waals surface area contributed by atoms with Gasteiger partial charge in [-0.05, 0) is 0 Å². The van der Waals surface area contributed by atoms with Gasteiger partial charge in [0.05, 0.1) is 0 Å². The normalized spacial score (nSPS) is 6.00. The number of hydrogen-bond donors (Lipinski definition) is 0. The van der Waals surface area contributed by atoms with E-state index < -0.39 is 0 Å². The van der Waals surface area contributed by atoms with Crippen LogP contribution in [0.1, 0.15) is 6.92 Å². The molecule has 0 amide bonds. The summed E-state index contributed by atoms with van der Waals surface area (Å²) in [5.41, 5.74) is 0. The van der Waals surface area contributed by atoms with E-state index in [-0.39, 0.29) is 19.5 Å². The SMILES string of the molecule is C[CH2][Mn][CH3].[Zn]. The maximum absolute atomic E-state index is 2.21. The van der Waals surface area contributed by atoms with Crippen molar-refractivity contribution in [1.82, 2.24) is 0 Å². The molecule has 0 spiro atoms. The van der Waals surface area contributed by atoms with Crippen LogP contribution >= 0.6 is 0 Å². The molecule has 0 aliphatic carbocycles. The quantitative estimate of drug-likeness (QED) is 0.516. The summed E-state index contributed by atoms with van der Waals surface area (Å²) in [7, 11) is 0. The van der Waals surface area contributed by atoms with Crippen LogP contribution in [-0.2, 0) is 34.4 Å². The van der Waals surface area contributed by atoms with Crippen molar-refractivity contribution in [3.05, 3.63) is 0 Å². The first-order valence-corrected chi connectivity index (χ1v) is 3.37. The third kappa shape index (κ3) is 11.1. The first kappa shape index (κ1) is 9.47. The molecule has 0 nitrogen and oxygen atoms in total. The summed E-state index contributed by atoms with van der Waals surface area (Å²) >= 11 is 1.12. The molecule has 0 aromatic carbocycles. The molecule has 0 bridgehead atoms. The van der Waals surface area contributed by atoms with Gasteiger partial charge >= 0.3 is 33.0 Å². The maximum atomic E-state index is 2.21. The molecule has 0 rings (SSSR count). The van der Waals surface area contributed by atoms with Crippen molar-refractivity contribution in [3.63, 3.8) is 0 Å². The van der Waals surface area contributed by atoms with Crippen molar-refractivity contribution in [2.45, 2.75) is 18.1 Å². The Morgan fingerprint density at radius 1 is 1.60 bits per heavy atom. The summed E-state index contributed by atoms with van der Waals surface area (Å²) in [6.45, 7) is 2.19. The fourth-order valence-electron chi connectivity index (χ4n) is 0. The fourth-order valence-corrected chi connectivity index (χ4v) is 0. The maximum Gasteiger partial charge on any atom is 0 e. The molecule has 0 heterocycles. The Morgan fingerprint density at radius 2 is 1.80 bits per heavy atom. The third-order valence-electron chi connectivity index (χ3n) is 0.267. The Bertz CT molecular complexity index is 8.85. The van der Waals surface area contributed by atoms with E-state index in [1.54, 1.807) is 0 Å². The largest absolute Gasteiger partial charge is 0 e. The Labute approximate surface area is 52.6 Å². The van der Waals surface area contributed by atoms with Gasteiger partial charge in [0, 0.05) is 19.5 Å². The fraction of sp³-hybridized carbons (Fsp3) is 1.00. The van der Waals surface area contributed by atoms with Crippen LogP contribution < -0.4 is 0 Å². The van der Waals surface area contributed by atoms with Crippen molar-refractivity contribution in [2.24, 2.45) is 0 Å². The summed E-state index contributed by atoms with van der Waals surface area (Å²) < 4.78 is 0. The smallest absolute Gasteiger partial charge is 0 e. The number of rotatable bonds is 1. The van der Waals surface area contributed by atoms with Gasteiger partial charge in [0.2, 0.25) is 0 Å². The van der Waals surface area contributed by atoms with E-state index in [1.807, 2.05) is 0 Å². The van der Waals surface area contributed by atoms with Crippen LogP contribution in [0, 0.1) is 0 Å². The van der Waals surface area contributed by atoms with Crippen LogP contribution in [0.4, 0.5) is 0 Å². The van der Waals surface area contributed by atoms with Gasteiger partial charge in [-0.15, -0.1) is 0 Å². The second-order valence-electron chi connectivity index (χ2n) is 0.535. The summed E-state index contributed by atoms with van der Waals surface area (Å²) in [5, 5.41) is 1.35. The molecule has 0 saturated heterocycles. The molecule has 0 unspecified atom stereocenters. The minimum absolute atomic E-state index is 0. The van der Waals surface area contributed by atoms with Crippen LogP contribution in [0.5, 0.6) is 0 Å². The van der Waals surface area contributed by atoms with Crippen molar-refractivity contribution in [1.29, 1.82) is 0 Å². The van der Waals surface area contributed by atoms with Crippen LogP contribution in [0.3, 0.4) is 0 Å². The third-order valence-corrected chi connectivity index (χ3v) is 1.10. The first-order chi connectivity index (χ1) is 1.91. The van der Waals surface area contributed by atoms with Crippen molar-refractivity contribution >= 4 is 0 Å². The Hall–Kier alpha value is 1.14. The molecule has 0 atom stereocenters. The van der Waals surface area contributed by atoms with Crippen LogP contribution in [0.2, 0.25) is 11.1 Å². The molecule has 0 radical (unpaired) electrons. The van der Waals surface area contributed by atoms with Crippen LogP contribution in [0.25, 0.3) is 0 Å². The number of hydrogen-bond acceptors (Lipinski definition) is 0. The van der Waals surface area contributed by atoms with Crippen molar-refractivity contribution in [3.8, 4) is 0 Å². The predicted molar refractivity (Wildman–Crippen MR) is 16.3 cm³/mol. The monoisotopic (exact) mass is 163 g/mol. The van der Waals surface area contributed by atoms with E-state index in [4.69, 9.17) is 0 Å². The van der Waals surface area contributed by atoms with Gasteiger partial charge in [0.25, 0.3) is 0 Å². The van der Waals surface area contributed by atoms with Gasteiger partial charge in [0.15, 0.2) is 0 Å². The minimum atomic E-state index is 0. The molecule has 0 saturated carbocycles. The van der Waals surface area contributed by atoms with Crippen molar-refractivity contribution < 1.29 is 34.4 Å². The topological polar surface area (TPSA) is 0 Å². The predicted octanol–water partition coefficient (Wildman–Crippen LogP) is 1.55. The Kier molecular flexibility index (Phi) is 16.9. The van der Waals surface area contributed by atoms with E-state index in [0.717, 1.165) is 15.0 Å². The average molecular weight is 164 g/mol. The molecule has 0 aromatic heterocycles. The molecule has 0 aliphatic rings. The molecule has 5 heavy (non-hydrogen) atoms. The second kappa shape index (κ2) is 8.94. The van der Waals surface area contributed by atoms with E-state index in [1.165, 1.54) is 5.32 Å². The van der Waals surface area contributed by atoms with Gasteiger partial charge in [-0.25, -0.2) is 0 Å². The van der Waals surface area contributed by atoms with Crippen LogP contribution in [0.15, 0.2) is 0 Å². The molecule has 0 N–H and O–H groups in total. The summed E-state index contributed by atoms with van der Waals surface area (Å²) in [5.74, 6) is 2.21. The molecule has 0 aromatic rings. The average Bonchev–Trinajstić information content (AvgIpc) is 1.37. The molecule has 29 valence electrons. The standard InChI is InChI=1S/C2H5.CH3.Mn.Zn/c1-2;;;/h1H2,2H3;1H3;;. The zero-order valence-electron chi connectivity index (χ0n) is 3.79. The van der Waals surface area contributed by atoms with Gasteiger partial charge in [-0.2, -0.15) is 0 Å². The van der Waals surface area contributed by atoms with Gasteiger partial charge in [0.1, 0.15) is 0 Å². The molecular formula is C3H8MnZn. The van der Waals surface area contributed by atoms with E-state index >= 15 is 0 Å². The van der Waals surface area contributed by atoms with E-state index in [2.05, 4.69) is 12.7 Å². The zero-order chi connectivity index (χ0) is 3.41. The van der Waals surface area contributed by atoms with E-state index in [0.29, 0.717) is 0 Å². The molecule has 2 heteroatoms. The Morgan fingerprint density at radius 3 is 1.80 bits per heavy atom. The molecular weight excluding hydrogens is 156 g/mol. The second-order valence-corrected chi connectivity index (χ2v) is 2.20. The first-order valence-electron chi connectivity index (χ1n) is 1.35. The van der Waals surface area contributed by atoms with Gasteiger partial charge in [-0.3, -0.25) is 0 Å². The van der Waals surface area contributed by atoms with E-state index in [9.17, 15) is 0 Å². The van der Waals surface area contributed by atoms with Crippen molar-refractivity contribution in [2.75, 3.05) is 0 Å².